The predicted molar refractivity (Wildman–Crippen MR) is 122 cm³/mol. The van der Waals surface area contributed by atoms with Gasteiger partial charge in [-0.2, -0.15) is 0 Å². The minimum Gasteiger partial charge on any atom is -0.396 e. The van der Waals surface area contributed by atoms with Crippen LogP contribution < -0.4 is 0 Å². The Balaban J connectivity index is 2.09. The van der Waals surface area contributed by atoms with Crippen molar-refractivity contribution >= 4 is 0 Å². The molecule has 2 aliphatic rings. The van der Waals surface area contributed by atoms with Crippen LogP contribution in [0.2, 0.25) is 0 Å². The van der Waals surface area contributed by atoms with Crippen LogP contribution in [-0.2, 0) is 0 Å². The minimum absolute atomic E-state index is 0.151. The third kappa shape index (κ3) is 6.67. The van der Waals surface area contributed by atoms with Crippen LogP contribution >= 0.6 is 0 Å². The van der Waals surface area contributed by atoms with Crippen LogP contribution in [0.1, 0.15) is 98.3 Å². The Morgan fingerprint density at radius 1 is 1.21 bits per heavy atom. The van der Waals surface area contributed by atoms with Crippen molar-refractivity contribution in [2.75, 3.05) is 6.61 Å². The first-order chi connectivity index (χ1) is 13.8. The average molecular weight is 407 g/mol. The summed E-state index contributed by atoms with van der Waals surface area (Å²) in [7, 11) is 0. The molecule has 0 saturated heterocycles. The van der Waals surface area contributed by atoms with Crippen molar-refractivity contribution in [3.63, 3.8) is 0 Å². The molecule has 168 valence electrons. The third-order valence-electron chi connectivity index (χ3n) is 7.94. The van der Waals surface area contributed by atoms with Crippen molar-refractivity contribution in [1.29, 1.82) is 0 Å². The van der Waals surface area contributed by atoms with Gasteiger partial charge in [-0.25, -0.2) is 0 Å². The average Bonchev–Trinajstić information content (AvgIpc) is 3.03. The Bertz CT molecular complexity index is 550. The fourth-order valence-corrected chi connectivity index (χ4v) is 6.22. The maximum absolute atomic E-state index is 10.0. The zero-order valence-electron chi connectivity index (χ0n) is 19.4. The molecule has 29 heavy (non-hydrogen) atoms. The SMILES string of the molecule is CCC(O)CC(=CC=C1CCCC2(C)C1CCC2C(C)CCCC(C)O)CCO. The predicted octanol–water partition coefficient (Wildman–Crippen LogP) is 5.79. The molecule has 0 aromatic carbocycles. The highest BCUT2D eigenvalue weighted by Gasteiger charge is 2.50. The smallest absolute Gasteiger partial charge is 0.0574 e. The van der Waals surface area contributed by atoms with Gasteiger partial charge in [-0.1, -0.05) is 56.9 Å². The molecular formula is C26H46O3. The van der Waals surface area contributed by atoms with Gasteiger partial charge in [-0.05, 0) is 87.9 Å². The lowest BCUT2D eigenvalue weighted by molar-refractivity contribution is 0.0907. The molecule has 0 radical (unpaired) electrons. The van der Waals surface area contributed by atoms with Crippen molar-refractivity contribution < 1.29 is 15.3 Å². The van der Waals surface area contributed by atoms with Gasteiger partial charge in [0.15, 0.2) is 0 Å². The number of hydrogen-bond acceptors (Lipinski definition) is 3. The maximum Gasteiger partial charge on any atom is 0.0574 e. The summed E-state index contributed by atoms with van der Waals surface area (Å²) in [6.45, 7) is 9.02. The van der Waals surface area contributed by atoms with Crippen LogP contribution in [0.4, 0.5) is 0 Å². The summed E-state index contributed by atoms with van der Waals surface area (Å²) in [5, 5.41) is 29.0. The summed E-state index contributed by atoms with van der Waals surface area (Å²) in [4.78, 5) is 0. The topological polar surface area (TPSA) is 60.7 Å². The van der Waals surface area contributed by atoms with E-state index in [2.05, 4.69) is 26.0 Å². The molecule has 2 aliphatic carbocycles. The molecule has 0 aromatic rings. The van der Waals surface area contributed by atoms with Crippen molar-refractivity contribution in [2.24, 2.45) is 23.2 Å². The number of hydrogen-bond donors (Lipinski definition) is 3. The largest absolute Gasteiger partial charge is 0.396 e. The molecule has 2 fully saturated rings. The van der Waals surface area contributed by atoms with Crippen LogP contribution in [0.15, 0.2) is 23.3 Å². The van der Waals surface area contributed by atoms with E-state index in [0.717, 1.165) is 31.1 Å². The summed E-state index contributed by atoms with van der Waals surface area (Å²) in [5.41, 5.74) is 3.17. The molecule has 3 heteroatoms. The highest BCUT2D eigenvalue weighted by Crippen LogP contribution is 2.59. The van der Waals surface area contributed by atoms with E-state index in [9.17, 15) is 15.3 Å². The Kier molecular flexibility index (Phi) is 9.91. The Morgan fingerprint density at radius 3 is 2.62 bits per heavy atom. The van der Waals surface area contributed by atoms with E-state index >= 15 is 0 Å². The number of rotatable bonds is 11. The second kappa shape index (κ2) is 11.7. The minimum atomic E-state index is -0.304. The number of allylic oxidation sites excluding steroid dienone is 3. The van der Waals surface area contributed by atoms with Gasteiger partial charge in [0.05, 0.1) is 12.2 Å². The lowest BCUT2D eigenvalue weighted by Gasteiger charge is -2.44. The van der Waals surface area contributed by atoms with E-state index in [4.69, 9.17) is 0 Å². The molecule has 3 nitrogen and oxygen atoms in total. The number of aliphatic hydroxyl groups is 3. The molecular weight excluding hydrogens is 360 g/mol. The van der Waals surface area contributed by atoms with Crippen molar-refractivity contribution in [3.05, 3.63) is 23.3 Å². The molecule has 0 bridgehead atoms. The molecule has 2 rings (SSSR count). The van der Waals surface area contributed by atoms with Crippen LogP contribution in [0.25, 0.3) is 0 Å². The van der Waals surface area contributed by atoms with E-state index in [-0.39, 0.29) is 18.8 Å². The Hall–Kier alpha value is -0.640. The van der Waals surface area contributed by atoms with Gasteiger partial charge in [0.25, 0.3) is 0 Å². The highest BCUT2D eigenvalue weighted by molar-refractivity contribution is 5.25. The van der Waals surface area contributed by atoms with Gasteiger partial charge < -0.3 is 15.3 Å². The van der Waals surface area contributed by atoms with Gasteiger partial charge in [0.2, 0.25) is 0 Å². The summed E-state index contributed by atoms with van der Waals surface area (Å²) in [5.74, 6) is 2.19. The van der Waals surface area contributed by atoms with Crippen LogP contribution in [0, 0.1) is 23.2 Å². The number of fused-ring (bicyclic) bond motifs is 1. The second-order valence-corrected chi connectivity index (χ2v) is 10.2. The molecule has 0 aliphatic heterocycles. The Morgan fingerprint density at radius 2 is 1.97 bits per heavy atom. The molecule has 3 N–H and O–H groups in total. The molecule has 0 spiro atoms. The van der Waals surface area contributed by atoms with E-state index in [1.54, 1.807) is 5.57 Å². The van der Waals surface area contributed by atoms with E-state index < -0.39 is 0 Å². The van der Waals surface area contributed by atoms with E-state index in [1.807, 2.05) is 13.8 Å². The second-order valence-electron chi connectivity index (χ2n) is 10.2. The normalized spacial score (nSPS) is 32.2. The monoisotopic (exact) mass is 406 g/mol. The highest BCUT2D eigenvalue weighted by atomic mass is 16.3. The Labute approximate surface area is 179 Å². The van der Waals surface area contributed by atoms with Gasteiger partial charge in [0.1, 0.15) is 0 Å². The van der Waals surface area contributed by atoms with Gasteiger partial charge in [-0.3, -0.25) is 0 Å². The molecule has 6 unspecified atom stereocenters. The van der Waals surface area contributed by atoms with Crippen molar-refractivity contribution in [3.8, 4) is 0 Å². The quantitative estimate of drug-likeness (QED) is 0.407. The molecule has 0 amide bonds. The lowest BCUT2D eigenvalue weighted by Crippen LogP contribution is -2.36. The molecule has 0 aromatic heterocycles. The first kappa shape index (κ1) is 24.6. The fraction of sp³-hybridized carbons (Fsp3) is 0.846. The third-order valence-corrected chi connectivity index (χ3v) is 7.94. The van der Waals surface area contributed by atoms with Crippen LogP contribution in [0.3, 0.4) is 0 Å². The standard InChI is InChI=1S/C26H46O3/c1-5-23(29)18-21(15-17-27)11-12-22-10-7-16-26(4)24(13-14-25(22)26)19(2)8-6-9-20(3)28/h11-12,19-20,23-25,27-29H,5-10,13-18H2,1-4H3. The fourth-order valence-electron chi connectivity index (χ4n) is 6.22. The van der Waals surface area contributed by atoms with E-state index in [0.29, 0.717) is 24.2 Å². The summed E-state index contributed by atoms with van der Waals surface area (Å²) < 4.78 is 0. The molecule has 2 saturated carbocycles. The first-order valence-corrected chi connectivity index (χ1v) is 12.2. The van der Waals surface area contributed by atoms with E-state index in [1.165, 1.54) is 44.1 Å². The summed E-state index contributed by atoms with van der Waals surface area (Å²) >= 11 is 0. The number of aliphatic hydroxyl groups excluding tert-OH is 3. The molecule has 6 atom stereocenters. The zero-order valence-corrected chi connectivity index (χ0v) is 19.4. The van der Waals surface area contributed by atoms with Gasteiger partial charge in [0, 0.05) is 6.61 Å². The lowest BCUT2D eigenvalue weighted by atomic mass is 9.60. The van der Waals surface area contributed by atoms with Crippen molar-refractivity contribution in [1.82, 2.24) is 0 Å². The molecule has 0 heterocycles. The zero-order chi connectivity index (χ0) is 21.4. The van der Waals surface area contributed by atoms with Gasteiger partial charge in [-0.15, -0.1) is 0 Å². The summed E-state index contributed by atoms with van der Waals surface area (Å²) in [6.07, 6.45) is 15.9. The van der Waals surface area contributed by atoms with Gasteiger partial charge >= 0.3 is 0 Å². The summed E-state index contributed by atoms with van der Waals surface area (Å²) in [6, 6.07) is 0. The van der Waals surface area contributed by atoms with Crippen LogP contribution in [-0.4, -0.2) is 34.1 Å². The van der Waals surface area contributed by atoms with Crippen LogP contribution in [0.5, 0.6) is 0 Å². The first-order valence-electron chi connectivity index (χ1n) is 12.2. The van der Waals surface area contributed by atoms with Crippen molar-refractivity contribution in [2.45, 2.75) is 111 Å². The maximum atomic E-state index is 10.0.